The van der Waals surface area contributed by atoms with E-state index in [-0.39, 0.29) is 11.7 Å². The zero-order chi connectivity index (χ0) is 21.3. The van der Waals surface area contributed by atoms with Crippen molar-refractivity contribution in [1.82, 2.24) is 0 Å². The first-order valence-corrected chi connectivity index (χ1v) is 9.32. The highest BCUT2D eigenvalue weighted by atomic mass is 19.1. The molecule has 154 valence electrons. The van der Waals surface area contributed by atoms with E-state index in [0.29, 0.717) is 34.2 Å². The number of nitrogens with zero attached hydrogens (tertiary/aromatic N) is 1. The number of amides is 1. The van der Waals surface area contributed by atoms with Gasteiger partial charge in [0.2, 0.25) is 5.75 Å². The van der Waals surface area contributed by atoms with E-state index in [1.54, 1.807) is 41.3 Å². The third-order valence-corrected chi connectivity index (χ3v) is 5.03. The third kappa shape index (κ3) is 3.28. The van der Waals surface area contributed by atoms with E-state index in [1.807, 2.05) is 12.1 Å². The first kappa shape index (κ1) is 19.6. The number of methoxy groups -OCH3 is 3. The second-order valence-corrected chi connectivity index (χ2v) is 6.70. The minimum atomic E-state index is -0.577. The molecule has 6 nitrogen and oxygen atoms in total. The van der Waals surface area contributed by atoms with Crippen molar-refractivity contribution in [2.75, 3.05) is 31.5 Å². The molecule has 3 aromatic rings. The number of ether oxygens (including phenoxy) is 3. The van der Waals surface area contributed by atoms with Crippen LogP contribution < -0.4 is 24.4 Å². The quantitative estimate of drug-likeness (QED) is 0.667. The molecule has 0 saturated heterocycles. The number of anilines is 2. The largest absolute Gasteiger partial charge is 0.493 e. The van der Waals surface area contributed by atoms with Gasteiger partial charge in [0, 0.05) is 16.9 Å². The summed E-state index contributed by atoms with van der Waals surface area (Å²) in [6.07, 6.45) is -0.577. The minimum Gasteiger partial charge on any atom is -0.493 e. The van der Waals surface area contributed by atoms with Gasteiger partial charge in [0.05, 0.1) is 26.9 Å². The van der Waals surface area contributed by atoms with Crippen LogP contribution >= 0.6 is 0 Å². The Morgan fingerprint density at radius 2 is 1.53 bits per heavy atom. The number of benzene rings is 3. The number of hydrogen-bond acceptors (Lipinski definition) is 5. The normalized spacial score (nSPS) is 15.3. The van der Waals surface area contributed by atoms with Crippen LogP contribution in [0.2, 0.25) is 0 Å². The summed E-state index contributed by atoms with van der Waals surface area (Å²) < 4.78 is 29.9. The summed E-state index contributed by atoms with van der Waals surface area (Å²) in [5.41, 5.74) is 2.52. The zero-order valence-corrected chi connectivity index (χ0v) is 16.8. The highest BCUT2D eigenvalue weighted by Crippen LogP contribution is 2.43. The number of carbonyl (C=O) groups excluding carboxylic acids is 1. The highest BCUT2D eigenvalue weighted by Gasteiger charge is 2.35. The Morgan fingerprint density at radius 3 is 2.13 bits per heavy atom. The number of nitrogens with one attached hydrogen (secondary N) is 1. The van der Waals surface area contributed by atoms with E-state index in [9.17, 15) is 9.18 Å². The molecule has 0 unspecified atom stereocenters. The molecule has 0 fully saturated rings. The lowest BCUT2D eigenvalue weighted by atomic mass is 10.0. The number of rotatable bonds is 5. The Morgan fingerprint density at radius 1 is 0.900 bits per heavy atom. The minimum absolute atomic E-state index is 0.199. The van der Waals surface area contributed by atoms with Crippen LogP contribution in [-0.2, 0) is 0 Å². The maximum absolute atomic E-state index is 13.5. The molecule has 0 spiro atoms. The van der Waals surface area contributed by atoms with Crippen LogP contribution in [0, 0.1) is 5.82 Å². The van der Waals surface area contributed by atoms with Gasteiger partial charge >= 0.3 is 0 Å². The molecule has 1 heterocycles. The van der Waals surface area contributed by atoms with E-state index in [0.717, 1.165) is 5.56 Å². The van der Waals surface area contributed by atoms with Crippen molar-refractivity contribution in [3.05, 3.63) is 77.6 Å². The molecule has 0 bridgehead atoms. The summed E-state index contributed by atoms with van der Waals surface area (Å²) in [7, 11) is 4.60. The predicted octanol–water partition coefficient (Wildman–Crippen LogP) is 4.62. The summed E-state index contributed by atoms with van der Waals surface area (Å²) in [4.78, 5) is 15.0. The van der Waals surface area contributed by atoms with Crippen LogP contribution in [0.15, 0.2) is 60.7 Å². The Kier molecular flexibility index (Phi) is 5.18. The lowest BCUT2D eigenvalue weighted by Crippen LogP contribution is -2.43. The van der Waals surface area contributed by atoms with Gasteiger partial charge in [-0.2, -0.15) is 0 Å². The molecule has 1 atom stereocenters. The lowest BCUT2D eigenvalue weighted by molar-refractivity contribution is 0.0974. The predicted molar refractivity (Wildman–Crippen MR) is 112 cm³/mol. The number of fused-ring (bicyclic) bond motifs is 1. The highest BCUT2D eigenvalue weighted by molar-refractivity contribution is 6.12. The third-order valence-electron chi connectivity index (χ3n) is 5.03. The van der Waals surface area contributed by atoms with Crippen LogP contribution in [0.25, 0.3) is 0 Å². The second kappa shape index (κ2) is 7.94. The molecule has 1 aliphatic rings. The molecule has 0 saturated carbocycles. The van der Waals surface area contributed by atoms with Crippen LogP contribution in [-0.4, -0.2) is 27.2 Å². The fourth-order valence-corrected chi connectivity index (χ4v) is 3.61. The molecule has 4 rings (SSSR count). The van der Waals surface area contributed by atoms with E-state index >= 15 is 0 Å². The monoisotopic (exact) mass is 408 g/mol. The van der Waals surface area contributed by atoms with Crippen molar-refractivity contribution in [1.29, 1.82) is 0 Å². The van der Waals surface area contributed by atoms with Gasteiger partial charge in [0.15, 0.2) is 11.5 Å². The molecule has 1 amide bonds. The number of para-hydroxylation sites is 1. The average molecular weight is 408 g/mol. The Bertz CT molecular complexity index is 1060. The number of hydrogen-bond donors (Lipinski definition) is 1. The fraction of sp³-hybridized carbons (Fsp3) is 0.174. The topological polar surface area (TPSA) is 60.0 Å². The molecule has 3 aromatic carbocycles. The fourth-order valence-electron chi connectivity index (χ4n) is 3.61. The molecule has 1 aliphatic heterocycles. The first-order valence-electron chi connectivity index (χ1n) is 9.32. The maximum Gasteiger partial charge on any atom is 0.262 e. The summed E-state index contributed by atoms with van der Waals surface area (Å²) in [5.74, 6) is 0.827. The Hall–Kier alpha value is -3.74. The van der Waals surface area contributed by atoms with Crippen LogP contribution in [0.3, 0.4) is 0 Å². The van der Waals surface area contributed by atoms with Gasteiger partial charge in [0.1, 0.15) is 12.0 Å². The van der Waals surface area contributed by atoms with E-state index in [4.69, 9.17) is 14.2 Å². The van der Waals surface area contributed by atoms with Gasteiger partial charge in [-0.05, 0) is 48.5 Å². The SMILES string of the molecule is COc1cc([C@@H]2Nc3ccccc3C(=O)N2c2ccc(F)cc2)cc(OC)c1OC. The molecule has 1 N–H and O–H groups in total. The van der Waals surface area contributed by atoms with E-state index < -0.39 is 6.17 Å². The van der Waals surface area contributed by atoms with E-state index in [1.165, 1.54) is 33.5 Å². The van der Waals surface area contributed by atoms with Gasteiger partial charge in [-0.25, -0.2) is 4.39 Å². The lowest BCUT2D eigenvalue weighted by Gasteiger charge is -2.38. The van der Waals surface area contributed by atoms with Gasteiger partial charge < -0.3 is 19.5 Å². The maximum atomic E-state index is 13.5. The van der Waals surface area contributed by atoms with Crippen molar-refractivity contribution in [2.24, 2.45) is 0 Å². The molecule has 7 heteroatoms. The summed E-state index contributed by atoms with van der Waals surface area (Å²) in [6.45, 7) is 0. The Balaban J connectivity index is 1.89. The van der Waals surface area contributed by atoms with Crippen molar-refractivity contribution in [3.63, 3.8) is 0 Å². The number of carbonyl (C=O) groups is 1. The zero-order valence-electron chi connectivity index (χ0n) is 16.8. The second-order valence-electron chi connectivity index (χ2n) is 6.70. The van der Waals surface area contributed by atoms with Crippen molar-refractivity contribution < 1.29 is 23.4 Å². The van der Waals surface area contributed by atoms with Crippen molar-refractivity contribution in [3.8, 4) is 17.2 Å². The molecular weight excluding hydrogens is 387 g/mol. The molecule has 0 radical (unpaired) electrons. The summed E-state index contributed by atoms with van der Waals surface area (Å²) in [5, 5.41) is 3.41. The smallest absolute Gasteiger partial charge is 0.262 e. The molecule has 0 aliphatic carbocycles. The Labute approximate surface area is 173 Å². The first-order chi connectivity index (χ1) is 14.6. The van der Waals surface area contributed by atoms with E-state index in [2.05, 4.69) is 5.32 Å². The van der Waals surface area contributed by atoms with Gasteiger partial charge in [-0.3, -0.25) is 9.69 Å². The van der Waals surface area contributed by atoms with Crippen molar-refractivity contribution >= 4 is 17.3 Å². The molecular formula is C23H21FN2O4. The summed E-state index contributed by atoms with van der Waals surface area (Å²) >= 11 is 0. The van der Waals surface area contributed by atoms with Gasteiger partial charge in [-0.15, -0.1) is 0 Å². The van der Waals surface area contributed by atoms with Gasteiger partial charge in [0.25, 0.3) is 5.91 Å². The molecule has 0 aromatic heterocycles. The van der Waals surface area contributed by atoms with Crippen LogP contribution in [0.1, 0.15) is 22.1 Å². The van der Waals surface area contributed by atoms with Gasteiger partial charge in [-0.1, -0.05) is 12.1 Å². The average Bonchev–Trinajstić information content (AvgIpc) is 2.78. The summed E-state index contributed by atoms with van der Waals surface area (Å²) in [6, 6.07) is 16.7. The van der Waals surface area contributed by atoms with Crippen LogP contribution in [0.5, 0.6) is 17.2 Å². The molecule has 30 heavy (non-hydrogen) atoms. The number of halogens is 1. The van der Waals surface area contributed by atoms with Crippen molar-refractivity contribution in [2.45, 2.75) is 6.17 Å². The van der Waals surface area contributed by atoms with Crippen LogP contribution in [0.4, 0.5) is 15.8 Å². The standard InChI is InChI=1S/C23H21FN2O4/c1-28-19-12-14(13-20(29-2)21(19)30-3)22-25-18-7-5-4-6-17(18)23(27)26(22)16-10-8-15(24)9-11-16/h4-13,22,25H,1-3H3/t22-/m1/s1.